The molecule has 1 saturated heterocycles. The van der Waals surface area contributed by atoms with Crippen LogP contribution in [0.1, 0.15) is 42.9 Å². The van der Waals surface area contributed by atoms with E-state index in [9.17, 15) is 0 Å². The molecule has 140 valence electrons. The van der Waals surface area contributed by atoms with Crippen molar-refractivity contribution in [3.8, 4) is 0 Å². The van der Waals surface area contributed by atoms with E-state index in [-0.39, 0.29) is 6.10 Å². The van der Waals surface area contributed by atoms with E-state index in [0.29, 0.717) is 11.8 Å². The van der Waals surface area contributed by atoms with Crippen LogP contribution in [0.4, 0.5) is 0 Å². The minimum Gasteiger partial charge on any atom is -0.373 e. The van der Waals surface area contributed by atoms with Crippen molar-refractivity contribution in [2.75, 3.05) is 26.7 Å². The molecule has 2 heterocycles. The van der Waals surface area contributed by atoms with Crippen LogP contribution in [0.3, 0.4) is 0 Å². The van der Waals surface area contributed by atoms with Gasteiger partial charge in [0, 0.05) is 32.7 Å². The lowest BCUT2D eigenvalue weighted by Gasteiger charge is -2.32. The molecule has 3 unspecified atom stereocenters. The Morgan fingerprint density at radius 3 is 2.85 bits per heavy atom. The highest BCUT2D eigenvalue weighted by Gasteiger charge is 2.27. The Balaban J connectivity index is 1.52. The number of aliphatic imine (C=N–C) groups is 1. The normalized spacial score (nSPS) is 22.0. The molecule has 0 amide bonds. The predicted molar refractivity (Wildman–Crippen MR) is 110 cm³/mol. The number of guanidine groups is 1. The van der Waals surface area contributed by atoms with Gasteiger partial charge in [0.2, 0.25) is 0 Å². The van der Waals surface area contributed by atoms with Crippen LogP contribution in [0, 0.1) is 5.92 Å². The topological polar surface area (TPSA) is 45.7 Å². The molecule has 0 aliphatic carbocycles. The molecule has 1 aliphatic heterocycles. The molecule has 1 aromatic carbocycles. The molecule has 1 fully saturated rings. The first-order valence-electron chi connectivity index (χ1n) is 9.41. The quantitative estimate of drug-likeness (QED) is 0.591. The van der Waals surface area contributed by atoms with E-state index >= 15 is 0 Å². The number of ether oxygens (including phenoxy) is 1. The van der Waals surface area contributed by atoms with Crippen molar-refractivity contribution in [2.45, 2.75) is 31.8 Å². The van der Waals surface area contributed by atoms with E-state index in [1.54, 1.807) is 11.3 Å². The van der Waals surface area contributed by atoms with Gasteiger partial charge in [-0.3, -0.25) is 4.99 Å². The van der Waals surface area contributed by atoms with Crippen LogP contribution in [0.5, 0.6) is 0 Å². The summed E-state index contributed by atoms with van der Waals surface area (Å²) >= 11 is 1.75. The number of hydrogen-bond donors (Lipinski definition) is 2. The van der Waals surface area contributed by atoms with E-state index in [1.165, 1.54) is 17.5 Å². The zero-order chi connectivity index (χ0) is 18.2. The van der Waals surface area contributed by atoms with Crippen molar-refractivity contribution in [3.05, 3.63) is 58.3 Å². The number of benzene rings is 1. The highest BCUT2D eigenvalue weighted by atomic mass is 32.1. The number of nitrogens with zero attached hydrogens (tertiary/aromatic N) is 1. The Kier molecular flexibility index (Phi) is 7.09. The lowest BCUT2D eigenvalue weighted by Crippen LogP contribution is -2.43. The van der Waals surface area contributed by atoms with E-state index in [4.69, 9.17) is 4.74 Å². The fourth-order valence-corrected chi connectivity index (χ4v) is 4.22. The van der Waals surface area contributed by atoms with E-state index in [1.807, 2.05) is 7.05 Å². The van der Waals surface area contributed by atoms with Crippen molar-refractivity contribution in [2.24, 2.45) is 10.9 Å². The molecule has 0 spiro atoms. The Bertz CT molecular complexity index is 672. The molecule has 3 rings (SSSR count). The smallest absolute Gasteiger partial charge is 0.191 e. The maximum Gasteiger partial charge on any atom is 0.191 e. The Morgan fingerprint density at radius 1 is 1.27 bits per heavy atom. The number of nitrogens with one attached hydrogen (secondary N) is 2. The van der Waals surface area contributed by atoms with Crippen LogP contribution in [-0.2, 0) is 4.74 Å². The maximum absolute atomic E-state index is 6.09. The van der Waals surface area contributed by atoms with Crippen molar-refractivity contribution >= 4 is 17.3 Å². The number of rotatable bonds is 6. The Labute approximate surface area is 160 Å². The molecule has 2 N–H and O–H groups in total. The third-order valence-corrected chi connectivity index (χ3v) is 5.72. The summed E-state index contributed by atoms with van der Waals surface area (Å²) in [4.78, 5) is 4.38. The monoisotopic (exact) mass is 371 g/mol. The first kappa shape index (κ1) is 18.9. The lowest BCUT2D eigenvalue weighted by atomic mass is 9.89. The highest BCUT2D eigenvalue weighted by molar-refractivity contribution is 7.07. The second-order valence-corrected chi connectivity index (χ2v) is 7.68. The number of thiophene rings is 1. The molecule has 0 saturated carbocycles. The van der Waals surface area contributed by atoms with E-state index in [0.717, 1.165) is 32.1 Å². The summed E-state index contributed by atoms with van der Waals surface area (Å²) in [5.41, 5.74) is 2.65. The van der Waals surface area contributed by atoms with Gasteiger partial charge in [-0.25, -0.2) is 0 Å². The van der Waals surface area contributed by atoms with Gasteiger partial charge >= 0.3 is 0 Å². The van der Waals surface area contributed by atoms with Crippen LogP contribution < -0.4 is 10.6 Å². The molecular formula is C21H29N3OS. The molecule has 26 heavy (non-hydrogen) atoms. The van der Waals surface area contributed by atoms with Crippen LogP contribution in [0.15, 0.2) is 52.2 Å². The minimum absolute atomic E-state index is 0.167. The Morgan fingerprint density at radius 2 is 2.12 bits per heavy atom. The molecule has 4 nitrogen and oxygen atoms in total. The first-order chi connectivity index (χ1) is 12.8. The summed E-state index contributed by atoms with van der Waals surface area (Å²) < 4.78 is 6.09. The molecular weight excluding hydrogens is 342 g/mol. The van der Waals surface area contributed by atoms with Gasteiger partial charge in [-0.1, -0.05) is 37.3 Å². The van der Waals surface area contributed by atoms with Gasteiger partial charge in [0.25, 0.3) is 0 Å². The summed E-state index contributed by atoms with van der Waals surface area (Å²) in [6.45, 7) is 4.83. The van der Waals surface area contributed by atoms with Gasteiger partial charge in [0.1, 0.15) is 0 Å². The third kappa shape index (κ3) is 5.08. The third-order valence-electron chi connectivity index (χ3n) is 5.02. The van der Waals surface area contributed by atoms with Gasteiger partial charge in [0.05, 0.1) is 6.10 Å². The summed E-state index contributed by atoms with van der Waals surface area (Å²) in [5.74, 6) is 1.79. The van der Waals surface area contributed by atoms with Crippen LogP contribution in [-0.4, -0.2) is 32.7 Å². The minimum atomic E-state index is 0.167. The van der Waals surface area contributed by atoms with E-state index in [2.05, 4.69) is 69.7 Å². The molecule has 0 bridgehead atoms. The van der Waals surface area contributed by atoms with Crippen molar-refractivity contribution in [1.29, 1.82) is 0 Å². The molecule has 3 atom stereocenters. The average Bonchev–Trinajstić information content (AvgIpc) is 3.24. The fraction of sp³-hybridized carbons (Fsp3) is 0.476. The van der Waals surface area contributed by atoms with Crippen LogP contribution in [0.25, 0.3) is 0 Å². The van der Waals surface area contributed by atoms with E-state index < -0.39 is 0 Å². The lowest BCUT2D eigenvalue weighted by molar-refractivity contribution is -0.0265. The van der Waals surface area contributed by atoms with Gasteiger partial charge < -0.3 is 15.4 Å². The average molecular weight is 372 g/mol. The fourth-order valence-electron chi connectivity index (χ4n) is 3.43. The predicted octanol–water partition coefficient (Wildman–Crippen LogP) is 4.18. The SMILES string of the molecule is CN=C(NCC(C)c1ccsc1)NCC1CCCOC1c1ccccc1. The van der Waals surface area contributed by atoms with Crippen molar-refractivity contribution < 1.29 is 4.74 Å². The first-order valence-corrected chi connectivity index (χ1v) is 10.4. The summed E-state index contributed by atoms with van der Waals surface area (Å²) in [5, 5.41) is 11.3. The van der Waals surface area contributed by atoms with Gasteiger partial charge in [-0.05, 0) is 46.7 Å². The summed E-state index contributed by atoms with van der Waals surface area (Å²) in [7, 11) is 1.83. The highest BCUT2D eigenvalue weighted by Crippen LogP contribution is 2.33. The standard InChI is InChI=1S/C21H29N3OS/c1-16(19-10-12-26-15-19)13-23-21(22-2)24-14-18-9-6-11-25-20(18)17-7-4-3-5-8-17/h3-5,7-8,10,12,15-16,18,20H,6,9,11,13-14H2,1-2H3,(H2,22,23,24). The molecule has 1 aromatic heterocycles. The Hall–Kier alpha value is -1.85. The van der Waals surface area contributed by atoms with Gasteiger partial charge in [-0.15, -0.1) is 0 Å². The molecule has 5 heteroatoms. The molecule has 1 aliphatic rings. The van der Waals surface area contributed by atoms with Crippen molar-refractivity contribution in [1.82, 2.24) is 10.6 Å². The van der Waals surface area contributed by atoms with Crippen molar-refractivity contribution in [3.63, 3.8) is 0 Å². The zero-order valence-electron chi connectivity index (χ0n) is 15.7. The summed E-state index contributed by atoms with van der Waals surface area (Å²) in [6, 6.07) is 12.8. The second-order valence-electron chi connectivity index (χ2n) is 6.90. The molecule has 2 aromatic rings. The van der Waals surface area contributed by atoms with Crippen LogP contribution >= 0.6 is 11.3 Å². The second kappa shape index (κ2) is 9.74. The zero-order valence-corrected chi connectivity index (χ0v) is 16.5. The summed E-state index contributed by atoms with van der Waals surface area (Å²) in [6.07, 6.45) is 2.46. The van der Waals surface area contributed by atoms with Crippen LogP contribution in [0.2, 0.25) is 0 Å². The maximum atomic E-state index is 6.09. The molecule has 0 radical (unpaired) electrons. The largest absolute Gasteiger partial charge is 0.373 e. The van der Waals surface area contributed by atoms with Gasteiger partial charge in [0.15, 0.2) is 5.96 Å². The van der Waals surface area contributed by atoms with Gasteiger partial charge in [-0.2, -0.15) is 11.3 Å². The number of hydrogen-bond acceptors (Lipinski definition) is 3.